The van der Waals surface area contributed by atoms with E-state index in [1.54, 1.807) is 0 Å². The number of carbonyl (C=O) groups is 1. The molecule has 1 aliphatic carbocycles. The maximum absolute atomic E-state index is 12.4. The minimum absolute atomic E-state index is 0.0118. The van der Waals surface area contributed by atoms with E-state index in [1.165, 1.54) is 32.1 Å². The zero-order chi connectivity index (χ0) is 12.1. The minimum Gasteiger partial charge on any atom is -0.294 e. The lowest BCUT2D eigenvalue weighted by molar-refractivity contribution is 0.0890. The van der Waals surface area contributed by atoms with Crippen LogP contribution in [0.3, 0.4) is 0 Å². The summed E-state index contributed by atoms with van der Waals surface area (Å²) in [6.45, 7) is 3.86. The van der Waals surface area contributed by atoms with Crippen molar-refractivity contribution in [1.29, 1.82) is 0 Å². The van der Waals surface area contributed by atoms with Crippen molar-refractivity contribution in [3.63, 3.8) is 0 Å². The van der Waals surface area contributed by atoms with Gasteiger partial charge in [-0.3, -0.25) is 4.79 Å². The average Bonchev–Trinajstić information content (AvgIpc) is 2.42. The highest BCUT2D eigenvalue weighted by atomic mass is 16.1. The molecule has 17 heavy (non-hydrogen) atoms. The van der Waals surface area contributed by atoms with Crippen molar-refractivity contribution in [3.8, 4) is 0 Å². The molecule has 1 fully saturated rings. The number of allylic oxidation sites excluding steroid dienone is 1. The summed E-state index contributed by atoms with van der Waals surface area (Å²) in [6.07, 6.45) is 8.05. The van der Waals surface area contributed by atoms with Crippen LogP contribution in [-0.4, -0.2) is 5.78 Å². The normalized spacial score (nSPS) is 18.6. The topological polar surface area (TPSA) is 17.1 Å². The van der Waals surface area contributed by atoms with Crippen LogP contribution >= 0.6 is 0 Å². The lowest BCUT2D eigenvalue weighted by Gasteiger charge is -2.27. The van der Waals surface area contributed by atoms with E-state index in [1.807, 2.05) is 36.4 Å². The van der Waals surface area contributed by atoms with E-state index < -0.39 is 0 Å². The molecule has 0 amide bonds. The number of hydrogen-bond acceptors (Lipinski definition) is 1. The molecule has 0 spiro atoms. The first-order valence-corrected chi connectivity index (χ1v) is 6.54. The zero-order valence-electron chi connectivity index (χ0n) is 10.3. The number of benzene rings is 1. The van der Waals surface area contributed by atoms with Crippen LogP contribution in [0, 0.1) is 11.8 Å². The van der Waals surface area contributed by atoms with Gasteiger partial charge < -0.3 is 0 Å². The van der Waals surface area contributed by atoms with E-state index in [-0.39, 0.29) is 11.7 Å². The molecule has 1 atom stereocenters. The van der Waals surface area contributed by atoms with Crippen LogP contribution in [0.4, 0.5) is 0 Å². The number of rotatable bonds is 4. The monoisotopic (exact) mass is 228 g/mol. The molecule has 0 radical (unpaired) electrons. The van der Waals surface area contributed by atoms with Crippen LogP contribution in [0.25, 0.3) is 0 Å². The second-order valence-electron chi connectivity index (χ2n) is 4.89. The van der Waals surface area contributed by atoms with Gasteiger partial charge in [-0.1, -0.05) is 55.7 Å². The Morgan fingerprint density at radius 1 is 1.18 bits per heavy atom. The molecule has 0 heterocycles. The molecular weight excluding hydrogens is 208 g/mol. The Balaban J connectivity index is 2.12. The van der Waals surface area contributed by atoms with Gasteiger partial charge in [-0.05, 0) is 18.8 Å². The van der Waals surface area contributed by atoms with Crippen molar-refractivity contribution >= 4 is 5.78 Å². The number of hydrogen-bond donors (Lipinski definition) is 0. The van der Waals surface area contributed by atoms with Gasteiger partial charge in [-0.25, -0.2) is 0 Å². The van der Waals surface area contributed by atoms with E-state index in [0.717, 1.165) is 5.56 Å². The maximum Gasteiger partial charge on any atom is 0.169 e. The average molecular weight is 228 g/mol. The lowest BCUT2D eigenvalue weighted by Crippen LogP contribution is -2.24. The smallest absolute Gasteiger partial charge is 0.169 e. The predicted octanol–water partition coefficient (Wildman–Crippen LogP) is 4.25. The van der Waals surface area contributed by atoms with Crippen LogP contribution in [0.1, 0.15) is 42.5 Å². The highest BCUT2D eigenvalue weighted by molar-refractivity contribution is 5.99. The Hall–Kier alpha value is -1.37. The summed E-state index contributed by atoms with van der Waals surface area (Å²) in [5.74, 6) is 0.763. The van der Waals surface area contributed by atoms with Gasteiger partial charge in [0.1, 0.15) is 0 Å². The van der Waals surface area contributed by atoms with Crippen LogP contribution < -0.4 is 0 Å². The molecule has 0 unspecified atom stereocenters. The van der Waals surface area contributed by atoms with Gasteiger partial charge in [0.2, 0.25) is 0 Å². The van der Waals surface area contributed by atoms with E-state index in [4.69, 9.17) is 0 Å². The first-order chi connectivity index (χ1) is 8.33. The van der Waals surface area contributed by atoms with Crippen molar-refractivity contribution in [2.24, 2.45) is 11.8 Å². The summed E-state index contributed by atoms with van der Waals surface area (Å²) >= 11 is 0. The Labute approximate surface area is 104 Å². The molecule has 0 N–H and O–H groups in total. The van der Waals surface area contributed by atoms with Crippen molar-refractivity contribution in [1.82, 2.24) is 0 Å². The molecule has 1 nitrogen and oxygen atoms in total. The largest absolute Gasteiger partial charge is 0.294 e. The quantitative estimate of drug-likeness (QED) is 0.556. The van der Waals surface area contributed by atoms with E-state index in [0.29, 0.717) is 5.92 Å². The van der Waals surface area contributed by atoms with E-state index in [2.05, 4.69) is 6.58 Å². The highest BCUT2D eigenvalue weighted by Gasteiger charge is 2.27. The molecule has 0 bridgehead atoms. The highest BCUT2D eigenvalue weighted by Crippen LogP contribution is 2.32. The molecule has 1 aromatic carbocycles. The van der Waals surface area contributed by atoms with Gasteiger partial charge in [0.25, 0.3) is 0 Å². The van der Waals surface area contributed by atoms with E-state index in [9.17, 15) is 4.79 Å². The zero-order valence-corrected chi connectivity index (χ0v) is 10.3. The molecule has 2 rings (SSSR count). The molecule has 0 aromatic heterocycles. The second kappa shape index (κ2) is 5.81. The Morgan fingerprint density at radius 2 is 1.82 bits per heavy atom. The van der Waals surface area contributed by atoms with Gasteiger partial charge in [0.15, 0.2) is 5.78 Å². The fraction of sp³-hybridized carbons (Fsp3) is 0.438. The molecule has 0 aliphatic heterocycles. The SMILES string of the molecule is C=C[C@@H](C(=O)c1ccccc1)C1CCCCC1. The molecule has 0 saturated heterocycles. The first kappa shape index (κ1) is 12.1. The second-order valence-corrected chi connectivity index (χ2v) is 4.89. The summed E-state index contributed by atoms with van der Waals surface area (Å²) in [5.41, 5.74) is 0.822. The minimum atomic E-state index is 0.0118. The summed E-state index contributed by atoms with van der Waals surface area (Å²) in [5, 5.41) is 0. The van der Waals surface area contributed by atoms with Crippen LogP contribution in [0.2, 0.25) is 0 Å². The molecule has 90 valence electrons. The molecule has 1 heteroatoms. The van der Waals surface area contributed by atoms with Crippen molar-refractivity contribution in [3.05, 3.63) is 48.6 Å². The molecule has 1 aromatic rings. The number of Topliss-reactive ketones (excluding diaryl/α,β-unsaturated/α-hetero) is 1. The lowest BCUT2D eigenvalue weighted by atomic mass is 9.77. The summed E-state index contributed by atoms with van der Waals surface area (Å²) in [6, 6.07) is 9.60. The third kappa shape index (κ3) is 2.85. The molecule has 1 saturated carbocycles. The Morgan fingerprint density at radius 3 is 2.41 bits per heavy atom. The first-order valence-electron chi connectivity index (χ1n) is 6.54. The number of carbonyl (C=O) groups excluding carboxylic acids is 1. The van der Waals surface area contributed by atoms with Crippen LogP contribution in [-0.2, 0) is 0 Å². The Bertz CT molecular complexity index is 374. The fourth-order valence-corrected chi connectivity index (χ4v) is 2.80. The van der Waals surface area contributed by atoms with Gasteiger partial charge >= 0.3 is 0 Å². The van der Waals surface area contributed by atoms with Gasteiger partial charge in [0.05, 0.1) is 0 Å². The molecular formula is C16H20O. The van der Waals surface area contributed by atoms with Gasteiger partial charge in [0, 0.05) is 11.5 Å². The van der Waals surface area contributed by atoms with Crippen molar-refractivity contribution in [2.75, 3.05) is 0 Å². The summed E-state index contributed by atoms with van der Waals surface area (Å²) < 4.78 is 0. The predicted molar refractivity (Wildman–Crippen MR) is 71.0 cm³/mol. The fourth-order valence-electron chi connectivity index (χ4n) is 2.80. The van der Waals surface area contributed by atoms with Crippen molar-refractivity contribution < 1.29 is 4.79 Å². The summed E-state index contributed by atoms with van der Waals surface area (Å²) in [7, 11) is 0. The molecule has 1 aliphatic rings. The van der Waals surface area contributed by atoms with E-state index >= 15 is 0 Å². The summed E-state index contributed by atoms with van der Waals surface area (Å²) in [4.78, 5) is 12.4. The number of ketones is 1. The van der Waals surface area contributed by atoms with Gasteiger partial charge in [-0.15, -0.1) is 6.58 Å². The standard InChI is InChI=1S/C16H20O/c1-2-15(13-9-5-3-6-10-13)16(17)14-11-7-4-8-12-14/h2,4,7-8,11-13,15H,1,3,5-6,9-10H2/t15-/m1/s1. The Kier molecular flexibility index (Phi) is 4.13. The van der Waals surface area contributed by atoms with Gasteiger partial charge in [-0.2, -0.15) is 0 Å². The third-order valence-corrected chi connectivity index (χ3v) is 3.77. The van der Waals surface area contributed by atoms with Crippen LogP contribution in [0.15, 0.2) is 43.0 Å². The third-order valence-electron chi connectivity index (χ3n) is 3.77. The van der Waals surface area contributed by atoms with Crippen molar-refractivity contribution in [2.45, 2.75) is 32.1 Å². The maximum atomic E-state index is 12.4. The van der Waals surface area contributed by atoms with Crippen LogP contribution in [0.5, 0.6) is 0 Å².